The second-order valence-electron chi connectivity index (χ2n) is 3.66. The first-order chi connectivity index (χ1) is 8.02. The summed E-state index contributed by atoms with van der Waals surface area (Å²) in [6.07, 6.45) is -0.483. The maximum Gasteiger partial charge on any atom is 0.310 e. The number of carbonyl (C=O) groups is 1. The molecule has 1 atom stereocenters. The van der Waals surface area contributed by atoms with Crippen LogP contribution in [0.2, 0.25) is 5.02 Å². The molecule has 5 heteroatoms. The van der Waals surface area contributed by atoms with Crippen molar-refractivity contribution in [1.29, 1.82) is 0 Å². The highest BCUT2D eigenvalue weighted by Crippen LogP contribution is 2.23. The predicted octanol–water partition coefficient (Wildman–Crippen LogP) is 1.82. The first-order valence-corrected chi connectivity index (χ1v) is 5.57. The molecule has 0 aliphatic rings. The van der Waals surface area contributed by atoms with E-state index in [2.05, 4.69) is 4.74 Å². The zero-order valence-corrected chi connectivity index (χ0v) is 10.5. The standard InChI is InChI=1S/C12H15ClO4/c1-8(14)7-17-11-4-3-10(13)5-9(11)6-12(15)16-2/h3-5,8,14H,6-7H2,1-2H3/t8-/m0/s1. The Kier molecular flexibility index (Phi) is 5.25. The van der Waals surface area contributed by atoms with Gasteiger partial charge < -0.3 is 14.6 Å². The number of ether oxygens (including phenoxy) is 2. The largest absolute Gasteiger partial charge is 0.491 e. The number of hydrogen-bond donors (Lipinski definition) is 1. The molecule has 0 aromatic heterocycles. The van der Waals surface area contributed by atoms with E-state index in [1.807, 2.05) is 0 Å². The molecule has 0 radical (unpaired) electrons. The van der Waals surface area contributed by atoms with E-state index in [1.165, 1.54) is 7.11 Å². The van der Waals surface area contributed by atoms with E-state index in [4.69, 9.17) is 21.4 Å². The Balaban J connectivity index is 2.83. The number of esters is 1. The van der Waals surface area contributed by atoms with Crippen molar-refractivity contribution in [3.8, 4) is 5.75 Å². The molecule has 0 unspecified atom stereocenters. The van der Waals surface area contributed by atoms with Gasteiger partial charge in [-0.15, -0.1) is 0 Å². The molecule has 17 heavy (non-hydrogen) atoms. The molecule has 4 nitrogen and oxygen atoms in total. The summed E-state index contributed by atoms with van der Waals surface area (Å²) in [7, 11) is 1.32. The monoisotopic (exact) mass is 258 g/mol. The number of benzene rings is 1. The molecule has 0 saturated heterocycles. The van der Waals surface area contributed by atoms with Crippen LogP contribution >= 0.6 is 11.6 Å². The summed E-state index contributed by atoms with van der Waals surface area (Å²) < 4.78 is 9.97. The number of hydrogen-bond acceptors (Lipinski definition) is 4. The highest BCUT2D eigenvalue weighted by Gasteiger charge is 2.10. The molecule has 0 fully saturated rings. The quantitative estimate of drug-likeness (QED) is 0.819. The highest BCUT2D eigenvalue weighted by molar-refractivity contribution is 6.30. The van der Waals surface area contributed by atoms with Gasteiger partial charge >= 0.3 is 5.97 Å². The maximum atomic E-state index is 11.2. The van der Waals surface area contributed by atoms with Crippen molar-refractivity contribution in [2.75, 3.05) is 13.7 Å². The summed E-state index contributed by atoms with van der Waals surface area (Å²) in [5, 5.41) is 9.67. The molecular formula is C12H15ClO4. The number of methoxy groups -OCH3 is 1. The summed E-state index contributed by atoms with van der Waals surface area (Å²) in [6.45, 7) is 1.78. The molecule has 1 aromatic rings. The smallest absolute Gasteiger partial charge is 0.310 e. The molecule has 0 amide bonds. The fourth-order valence-electron chi connectivity index (χ4n) is 1.27. The summed E-state index contributed by atoms with van der Waals surface area (Å²) in [4.78, 5) is 11.2. The number of carbonyl (C=O) groups excluding carboxylic acids is 1. The van der Waals surface area contributed by atoms with Crippen molar-refractivity contribution >= 4 is 17.6 Å². The molecule has 1 aromatic carbocycles. The van der Waals surface area contributed by atoms with Gasteiger partial charge in [-0.3, -0.25) is 4.79 Å². The highest BCUT2D eigenvalue weighted by atomic mass is 35.5. The molecule has 94 valence electrons. The Morgan fingerprint density at radius 1 is 1.53 bits per heavy atom. The average Bonchev–Trinajstić information content (AvgIpc) is 2.27. The van der Waals surface area contributed by atoms with Crippen LogP contribution in [0.25, 0.3) is 0 Å². The second-order valence-corrected chi connectivity index (χ2v) is 4.10. The summed E-state index contributed by atoms with van der Waals surface area (Å²) in [5.74, 6) is 0.162. The van der Waals surface area contributed by atoms with Gasteiger partial charge in [-0.25, -0.2) is 0 Å². The van der Waals surface area contributed by atoms with E-state index in [0.29, 0.717) is 16.3 Å². The fraction of sp³-hybridized carbons (Fsp3) is 0.417. The zero-order chi connectivity index (χ0) is 12.8. The van der Waals surface area contributed by atoms with E-state index >= 15 is 0 Å². The van der Waals surface area contributed by atoms with Gasteiger partial charge in [0, 0.05) is 10.6 Å². The van der Waals surface area contributed by atoms with Gasteiger partial charge in [-0.05, 0) is 25.1 Å². The van der Waals surface area contributed by atoms with Gasteiger partial charge in [0.15, 0.2) is 0 Å². The van der Waals surface area contributed by atoms with Crippen molar-refractivity contribution < 1.29 is 19.4 Å². The van der Waals surface area contributed by atoms with Crippen LogP contribution in [0, 0.1) is 0 Å². The van der Waals surface area contributed by atoms with Crippen molar-refractivity contribution in [2.24, 2.45) is 0 Å². The normalized spacial score (nSPS) is 12.0. The summed E-state index contributed by atoms with van der Waals surface area (Å²) >= 11 is 5.85. The zero-order valence-electron chi connectivity index (χ0n) is 9.77. The third-order valence-electron chi connectivity index (χ3n) is 2.07. The van der Waals surface area contributed by atoms with Gasteiger partial charge in [-0.2, -0.15) is 0 Å². The van der Waals surface area contributed by atoms with Crippen LogP contribution in [-0.2, 0) is 16.0 Å². The lowest BCUT2D eigenvalue weighted by molar-refractivity contribution is -0.139. The van der Waals surface area contributed by atoms with Gasteiger partial charge in [0.2, 0.25) is 0 Å². The molecule has 0 heterocycles. The third-order valence-corrected chi connectivity index (χ3v) is 2.30. The minimum absolute atomic E-state index is 0.0895. The van der Waals surface area contributed by atoms with E-state index in [-0.39, 0.29) is 19.0 Å². The van der Waals surface area contributed by atoms with Crippen LogP contribution in [0.15, 0.2) is 18.2 Å². The van der Waals surface area contributed by atoms with Crippen LogP contribution in [-0.4, -0.2) is 30.9 Å². The number of halogens is 1. The minimum Gasteiger partial charge on any atom is -0.491 e. The fourth-order valence-corrected chi connectivity index (χ4v) is 1.46. The molecule has 0 spiro atoms. The lowest BCUT2D eigenvalue weighted by atomic mass is 10.1. The number of rotatable bonds is 5. The van der Waals surface area contributed by atoms with Crippen molar-refractivity contribution in [3.63, 3.8) is 0 Å². The summed E-state index contributed by atoms with van der Waals surface area (Å²) in [5.41, 5.74) is 0.644. The lowest BCUT2D eigenvalue weighted by Gasteiger charge is -2.12. The molecule has 0 saturated carbocycles. The minimum atomic E-state index is -0.573. The van der Waals surface area contributed by atoms with Crippen LogP contribution in [0.1, 0.15) is 12.5 Å². The predicted molar refractivity (Wildman–Crippen MR) is 64.3 cm³/mol. The Morgan fingerprint density at radius 2 is 2.24 bits per heavy atom. The van der Waals surface area contributed by atoms with E-state index in [9.17, 15) is 4.79 Å². The number of aliphatic hydroxyl groups excluding tert-OH is 1. The van der Waals surface area contributed by atoms with Crippen LogP contribution in [0.4, 0.5) is 0 Å². The molecular weight excluding hydrogens is 244 g/mol. The molecule has 0 aliphatic heterocycles. The third kappa shape index (κ3) is 4.63. The van der Waals surface area contributed by atoms with Crippen LogP contribution < -0.4 is 4.74 Å². The van der Waals surface area contributed by atoms with Crippen LogP contribution in [0.5, 0.6) is 5.75 Å². The van der Waals surface area contributed by atoms with Crippen molar-refractivity contribution in [3.05, 3.63) is 28.8 Å². The maximum absolute atomic E-state index is 11.2. The summed E-state index contributed by atoms with van der Waals surface area (Å²) in [6, 6.07) is 4.98. The molecule has 1 N–H and O–H groups in total. The van der Waals surface area contributed by atoms with Gasteiger partial charge in [0.1, 0.15) is 12.4 Å². The van der Waals surface area contributed by atoms with E-state index in [0.717, 1.165) is 0 Å². The lowest BCUT2D eigenvalue weighted by Crippen LogP contribution is -2.14. The molecule has 1 rings (SSSR count). The van der Waals surface area contributed by atoms with Crippen LogP contribution in [0.3, 0.4) is 0 Å². The van der Waals surface area contributed by atoms with Gasteiger partial charge in [-0.1, -0.05) is 11.6 Å². The van der Waals surface area contributed by atoms with E-state index in [1.54, 1.807) is 25.1 Å². The Labute approximate surface area is 105 Å². The van der Waals surface area contributed by atoms with Crippen molar-refractivity contribution in [1.82, 2.24) is 0 Å². The number of aliphatic hydroxyl groups is 1. The first-order valence-electron chi connectivity index (χ1n) is 5.19. The second kappa shape index (κ2) is 6.47. The average molecular weight is 259 g/mol. The molecule has 0 bridgehead atoms. The molecule has 0 aliphatic carbocycles. The Hall–Kier alpha value is -1.26. The topological polar surface area (TPSA) is 55.8 Å². The first kappa shape index (κ1) is 13.8. The SMILES string of the molecule is COC(=O)Cc1cc(Cl)ccc1OC[C@H](C)O. The van der Waals surface area contributed by atoms with E-state index < -0.39 is 6.10 Å². The van der Waals surface area contributed by atoms with Gasteiger partial charge in [0.25, 0.3) is 0 Å². The van der Waals surface area contributed by atoms with Crippen molar-refractivity contribution in [2.45, 2.75) is 19.4 Å². The Bertz CT molecular complexity index is 390. The Morgan fingerprint density at radius 3 is 2.82 bits per heavy atom. The van der Waals surface area contributed by atoms with Gasteiger partial charge in [0.05, 0.1) is 19.6 Å².